The number of nitrogens with one attached hydrogen (secondary N) is 1. The van der Waals surface area contributed by atoms with Gasteiger partial charge in [0.15, 0.2) is 17.3 Å². The van der Waals surface area contributed by atoms with Gasteiger partial charge >= 0.3 is 6.61 Å². The highest BCUT2D eigenvalue weighted by Crippen LogP contribution is 2.22. The molecule has 0 saturated heterocycles. The van der Waals surface area contributed by atoms with Crippen LogP contribution in [0.3, 0.4) is 0 Å². The van der Waals surface area contributed by atoms with E-state index in [2.05, 4.69) is 25.2 Å². The Morgan fingerprint density at radius 2 is 1.92 bits per heavy atom. The van der Waals surface area contributed by atoms with E-state index in [-0.39, 0.29) is 24.7 Å². The van der Waals surface area contributed by atoms with Gasteiger partial charge in [0.2, 0.25) is 5.91 Å². The van der Waals surface area contributed by atoms with Gasteiger partial charge in [-0.05, 0) is 30.2 Å². The second kappa shape index (κ2) is 9.99. The minimum Gasteiger partial charge on any atom is -0.432 e. The number of aryl methyl sites for hydroxylation is 1. The highest BCUT2D eigenvalue weighted by atomic mass is 19.3. The smallest absolute Gasteiger partial charge is 0.387 e. The summed E-state index contributed by atoms with van der Waals surface area (Å²) in [5, 5.41) is 15.2. The summed E-state index contributed by atoms with van der Waals surface area (Å²) in [5.41, 5.74) is 3.49. The van der Waals surface area contributed by atoms with E-state index in [9.17, 15) is 22.8 Å². The number of amides is 2. The summed E-state index contributed by atoms with van der Waals surface area (Å²) in [6.07, 6.45) is 1.64. The van der Waals surface area contributed by atoms with Crippen molar-refractivity contribution in [2.24, 2.45) is 0 Å². The van der Waals surface area contributed by atoms with Crippen molar-refractivity contribution in [1.82, 2.24) is 35.0 Å². The van der Waals surface area contributed by atoms with Gasteiger partial charge in [-0.1, -0.05) is 11.3 Å². The summed E-state index contributed by atoms with van der Waals surface area (Å²) in [6.45, 7) is -0.794. The van der Waals surface area contributed by atoms with Gasteiger partial charge in [0.05, 0.1) is 18.8 Å². The van der Waals surface area contributed by atoms with Crippen LogP contribution in [-0.2, 0) is 37.1 Å². The number of carbonyl (C=O) groups excluding carboxylic acids is 2. The van der Waals surface area contributed by atoms with Crippen molar-refractivity contribution < 1.29 is 27.5 Å². The van der Waals surface area contributed by atoms with E-state index in [0.29, 0.717) is 56.8 Å². The van der Waals surface area contributed by atoms with Gasteiger partial charge in [-0.15, -0.1) is 5.10 Å². The number of nitrogens with zero attached hydrogens (tertiary/aromatic N) is 6. The lowest BCUT2D eigenvalue weighted by molar-refractivity contribution is -0.131. The number of fused-ring (bicyclic) bond motifs is 2. The molecule has 4 heterocycles. The molecule has 1 aromatic carbocycles. The summed E-state index contributed by atoms with van der Waals surface area (Å²) >= 11 is 0. The van der Waals surface area contributed by atoms with Crippen molar-refractivity contribution in [3.05, 3.63) is 58.4 Å². The van der Waals surface area contributed by atoms with Crippen LogP contribution in [0.15, 0.2) is 24.3 Å². The van der Waals surface area contributed by atoms with Crippen LogP contribution in [0.1, 0.15) is 39.6 Å². The molecule has 13 heteroatoms. The maximum Gasteiger partial charge on any atom is 0.387 e. The molecule has 10 nitrogen and oxygen atoms in total. The lowest BCUT2D eigenvalue weighted by Crippen LogP contribution is -2.36. The van der Waals surface area contributed by atoms with E-state index in [1.807, 2.05) is 0 Å². The third kappa shape index (κ3) is 5.04. The minimum atomic E-state index is -3.11. The molecule has 2 aromatic heterocycles. The van der Waals surface area contributed by atoms with Crippen molar-refractivity contribution >= 4 is 11.8 Å². The quantitative estimate of drug-likeness (QED) is 0.551. The van der Waals surface area contributed by atoms with E-state index in [4.69, 9.17) is 0 Å². The van der Waals surface area contributed by atoms with Gasteiger partial charge < -0.3 is 14.5 Å². The molecular weight excluding hydrogens is 479 g/mol. The van der Waals surface area contributed by atoms with Crippen molar-refractivity contribution in [3.63, 3.8) is 0 Å². The Labute approximate surface area is 204 Å². The molecule has 2 aliphatic rings. The molecule has 190 valence electrons. The largest absolute Gasteiger partial charge is 0.432 e. The Hall–Kier alpha value is -3.90. The Morgan fingerprint density at radius 3 is 2.72 bits per heavy atom. The fourth-order valence-corrected chi connectivity index (χ4v) is 4.52. The van der Waals surface area contributed by atoms with E-state index in [1.165, 1.54) is 6.07 Å². The van der Waals surface area contributed by atoms with Crippen molar-refractivity contribution in [2.75, 3.05) is 19.6 Å². The minimum absolute atomic E-state index is 0.0953. The number of aromatic amines is 1. The van der Waals surface area contributed by atoms with Crippen LogP contribution in [0, 0.1) is 5.82 Å². The van der Waals surface area contributed by atoms with Crippen molar-refractivity contribution in [2.45, 2.75) is 45.4 Å². The zero-order valence-electron chi connectivity index (χ0n) is 19.3. The average Bonchev–Trinajstić information content (AvgIpc) is 3.45. The molecule has 0 bridgehead atoms. The first-order valence-electron chi connectivity index (χ1n) is 11.6. The molecule has 0 saturated carbocycles. The molecule has 0 spiro atoms. The molecule has 2 aliphatic heterocycles. The predicted molar refractivity (Wildman–Crippen MR) is 119 cm³/mol. The molecule has 0 aliphatic carbocycles. The number of alkyl halides is 2. The summed E-state index contributed by atoms with van der Waals surface area (Å²) < 4.78 is 44.4. The van der Waals surface area contributed by atoms with Gasteiger partial charge in [0.1, 0.15) is 5.69 Å². The van der Waals surface area contributed by atoms with Gasteiger partial charge in [-0.25, -0.2) is 4.39 Å². The lowest BCUT2D eigenvalue weighted by Gasteiger charge is -2.24. The summed E-state index contributed by atoms with van der Waals surface area (Å²) in [5.74, 6) is -1.67. The van der Waals surface area contributed by atoms with Crippen LogP contribution in [0.4, 0.5) is 13.2 Å². The number of H-pyrrole nitrogens is 1. The molecule has 0 unspecified atom stereocenters. The molecular formula is C23H24F3N7O3. The average molecular weight is 503 g/mol. The molecule has 36 heavy (non-hydrogen) atoms. The fourth-order valence-electron chi connectivity index (χ4n) is 4.52. The summed E-state index contributed by atoms with van der Waals surface area (Å²) in [4.78, 5) is 29.2. The second-order valence-electron chi connectivity index (χ2n) is 8.73. The number of rotatable bonds is 6. The Morgan fingerprint density at radius 1 is 1.08 bits per heavy atom. The highest BCUT2D eigenvalue weighted by molar-refractivity contribution is 5.92. The number of carbonyl (C=O) groups is 2. The first-order chi connectivity index (χ1) is 17.4. The van der Waals surface area contributed by atoms with Crippen LogP contribution in [-0.4, -0.2) is 73.1 Å². The number of ether oxygens (including phenoxy) is 1. The normalized spacial score (nSPS) is 15.4. The van der Waals surface area contributed by atoms with Crippen molar-refractivity contribution in [3.8, 4) is 5.75 Å². The van der Waals surface area contributed by atoms with Crippen LogP contribution < -0.4 is 4.74 Å². The number of hydrogen-bond donors (Lipinski definition) is 1. The molecule has 0 atom stereocenters. The number of hydrogen-bond acceptors (Lipinski definition) is 6. The monoisotopic (exact) mass is 503 g/mol. The van der Waals surface area contributed by atoms with Gasteiger partial charge in [0, 0.05) is 44.6 Å². The Balaban J connectivity index is 1.15. The molecule has 0 radical (unpaired) electrons. The third-order valence-corrected chi connectivity index (χ3v) is 6.46. The lowest BCUT2D eigenvalue weighted by atomic mass is 10.1. The number of benzene rings is 1. The van der Waals surface area contributed by atoms with Crippen molar-refractivity contribution in [1.29, 1.82) is 0 Å². The summed E-state index contributed by atoms with van der Waals surface area (Å²) in [7, 11) is 0. The second-order valence-corrected chi connectivity index (χ2v) is 8.73. The van der Waals surface area contributed by atoms with Gasteiger partial charge in [0.25, 0.3) is 5.91 Å². The third-order valence-electron chi connectivity index (χ3n) is 6.46. The molecule has 3 aromatic rings. The molecule has 0 fully saturated rings. The molecule has 1 N–H and O–H groups in total. The van der Waals surface area contributed by atoms with Crippen LogP contribution in [0.25, 0.3) is 0 Å². The van der Waals surface area contributed by atoms with E-state index in [0.717, 1.165) is 29.2 Å². The maximum absolute atomic E-state index is 13.9. The van der Waals surface area contributed by atoms with E-state index < -0.39 is 18.2 Å². The predicted octanol–water partition coefficient (Wildman–Crippen LogP) is 1.96. The molecule has 2 amide bonds. The van der Waals surface area contributed by atoms with Crippen LogP contribution >= 0.6 is 0 Å². The molecule has 5 rings (SSSR count). The Kier molecular flexibility index (Phi) is 6.61. The fraction of sp³-hybridized carbons (Fsp3) is 0.435. The van der Waals surface area contributed by atoms with Crippen LogP contribution in [0.5, 0.6) is 5.75 Å². The zero-order chi connectivity index (χ0) is 25.2. The maximum atomic E-state index is 13.9. The Bertz CT molecular complexity index is 1250. The zero-order valence-corrected chi connectivity index (χ0v) is 19.3. The van der Waals surface area contributed by atoms with Crippen LogP contribution in [0.2, 0.25) is 0 Å². The topological polar surface area (TPSA) is 109 Å². The number of halogens is 3. The summed E-state index contributed by atoms with van der Waals surface area (Å²) in [6, 6.07) is 5.49. The first-order valence-corrected chi connectivity index (χ1v) is 11.6. The number of aromatic nitrogens is 5. The highest BCUT2D eigenvalue weighted by Gasteiger charge is 2.27. The first kappa shape index (κ1) is 23.8. The van der Waals surface area contributed by atoms with Gasteiger partial charge in [-0.3, -0.25) is 19.4 Å². The SMILES string of the molecule is O=C(CCc1ccc(OC(F)F)c(F)c1)N1CCc2cc(C(=O)N3CCc4[nH]nnc4C3)nn2CC1. The van der Waals surface area contributed by atoms with Gasteiger partial charge in [-0.2, -0.15) is 13.9 Å². The standard InChI is InChI=1S/C23H24F3N7O3/c24-16-11-14(1-3-20(16)36-23(25)26)2-4-21(34)31-7-5-15-12-18(29-33(15)10-9-31)22(35)32-8-6-17-19(13-32)28-30-27-17/h1,3,11-12,23H,2,4-10,13H2,(H,27,28,30). The van der Waals surface area contributed by atoms with E-state index in [1.54, 1.807) is 20.5 Å². The van der Waals surface area contributed by atoms with E-state index >= 15 is 0 Å².